The second kappa shape index (κ2) is 6.75. The number of sulfone groups is 1. The van der Waals surface area contributed by atoms with Gasteiger partial charge in [-0.2, -0.15) is 0 Å². The number of aromatic nitrogens is 1. The Kier molecular flexibility index (Phi) is 5.75. The minimum Gasteiger partial charge on any atom is -0.359 e. The standard InChI is InChI=1S/C15H27N3O2S/c1-12-13(11-16-15(2,3)4)7-8-14(17-12)18(5)9-10-21(6,19)20/h7-8,16H,9-11H2,1-6H3. The topological polar surface area (TPSA) is 62.3 Å². The maximum atomic E-state index is 11.2. The molecule has 1 rings (SSSR count). The molecule has 21 heavy (non-hydrogen) atoms. The molecular weight excluding hydrogens is 286 g/mol. The first-order valence-corrected chi connectivity index (χ1v) is 9.14. The molecule has 1 aromatic heterocycles. The number of anilines is 1. The summed E-state index contributed by atoms with van der Waals surface area (Å²) >= 11 is 0. The van der Waals surface area contributed by atoms with Crippen LogP contribution in [-0.4, -0.2) is 44.5 Å². The van der Waals surface area contributed by atoms with Gasteiger partial charge in [0.2, 0.25) is 0 Å². The van der Waals surface area contributed by atoms with Gasteiger partial charge < -0.3 is 10.2 Å². The minimum absolute atomic E-state index is 0.0669. The molecule has 1 N–H and O–H groups in total. The van der Waals surface area contributed by atoms with Crippen LogP contribution in [0.25, 0.3) is 0 Å². The average Bonchev–Trinajstić information content (AvgIpc) is 2.32. The molecule has 6 heteroatoms. The molecule has 0 amide bonds. The summed E-state index contributed by atoms with van der Waals surface area (Å²) < 4.78 is 22.4. The first-order chi connectivity index (χ1) is 9.48. The molecule has 0 aliphatic carbocycles. The van der Waals surface area contributed by atoms with Gasteiger partial charge in [0.05, 0.1) is 5.75 Å². The lowest BCUT2D eigenvalue weighted by molar-refractivity contribution is 0.423. The van der Waals surface area contributed by atoms with Crippen LogP contribution >= 0.6 is 0 Å². The van der Waals surface area contributed by atoms with E-state index in [0.29, 0.717) is 6.54 Å². The molecule has 1 heterocycles. The van der Waals surface area contributed by atoms with E-state index < -0.39 is 9.84 Å². The second-order valence-corrected chi connectivity index (χ2v) is 8.83. The van der Waals surface area contributed by atoms with Crippen molar-refractivity contribution in [3.05, 3.63) is 23.4 Å². The molecular formula is C15H27N3O2S. The fourth-order valence-electron chi connectivity index (χ4n) is 1.75. The van der Waals surface area contributed by atoms with Crippen molar-refractivity contribution in [3.63, 3.8) is 0 Å². The van der Waals surface area contributed by atoms with Crippen molar-refractivity contribution < 1.29 is 8.42 Å². The quantitative estimate of drug-likeness (QED) is 0.867. The van der Waals surface area contributed by atoms with Crippen molar-refractivity contribution in [2.45, 2.75) is 39.8 Å². The zero-order valence-electron chi connectivity index (χ0n) is 13.9. The molecule has 0 aliphatic heterocycles. The maximum Gasteiger partial charge on any atom is 0.149 e. The number of hydrogen-bond donors (Lipinski definition) is 1. The van der Waals surface area contributed by atoms with Gasteiger partial charge in [-0.25, -0.2) is 13.4 Å². The predicted octanol–water partition coefficient (Wildman–Crippen LogP) is 1.76. The summed E-state index contributed by atoms with van der Waals surface area (Å²) in [5.74, 6) is 0.938. The van der Waals surface area contributed by atoms with Crippen LogP contribution in [0.5, 0.6) is 0 Å². The molecule has 0 aromatic carbocycles. The number of aryl methyl sites for hydroxylation is 1. The molecule has 0 unspecified atom stereocenters. The fraction of sp³-hybridized carbons (Fsp3) is 0.667. The molecule has 0 saturated carbocycles. The van der Waals surface area contributed by atoms with E-state index in [-0.39, 0.29) is 11.3 Å². The van der Waals surface area contributed by atoms with Gasteiger partial charge in [0.15, 0.2) is 0 Å². The summed E-state index contributed by atoms with van der Waals surface area (Å²) in [6.45, 7) is 9.59. The normalized spacial score (nSPS) is 12.5. The van der Waals surface area contributed by atoms with Crippen molar-refractivity contribution in [2.24, 2.45) is 0 Å². The van der Waals surface area contributed by atoms with E-state index in [0.717, 1.165) is 23.6 Å². The van der Waals surface area contributed by atoms with Crippen LogP contribution in [0.2, 0.25) is 0 Å². The summed E-state index contributed by atoms with van der Waals surface area (Å²) in [5, 5.41) is 3.44. The largest absolute Gasteiger partial charge is 0.359 e. The average molecular weight is 313 g/mol. The van der Waals surface area contributed by atoms with E-state index >= 15 is 0 Å². The lowest BCUT2D eigenvalue weighted by atomic mass is 10.1. The Bertz CT molecular complexity index is 577. The Hall–Kier alpha value is -1.14. The molecule has 5 nitrogen and oxygen atoms in total. The predicted molar refractivity (Wildman–Crippen MR) is 88.5 cm³/mol. The Morgan fingerprint density at radius 3 is 2.38 bits per heavy atom. The van der Waals surface area contributed by atoms with Crippen molar-refractivity contribution in [3.8, 4) is 0 Å². The van der Waals surface area contributed by atoms with E-state index in [4.69, 9.17) is 0 Å². The number of nitrogens with one attached hydrogen (secondary N) is 1. The van der Waals surface area contributed by atoms with Crippen LogP contribution in [-0.2, 0) is 16.4 Å². The molecule has 120 valence electrons. The SMILES string of the molecule is Cc1nc(N(C)CCS(C)(=O)=O)ccc1CNC(C)(C)C. The lowest BCUT2D eigenvalue weighted by Crippen LogP contribution is -2.35. The molecule has 1 aromatic rings. The molecule has 0 atom stereocenters. The van der Waals surface area contributed by atoms with Crippen molar-refractivity contribution in [1.29, 1.82) is 0 Å². The van der Waals surface area contributed by atoms with Crippen LogP contribution in [0.1, 0.15) is 32.0 Å². The Labute approximate surface area is 128 Å². The Balaban J connectivity index is 2.73. The van der Waals surface area contributed by atoms with Gasteiger partial charge in [-0.3, -0.25) is 0 Å². The highest BCUT2D eigenvalue weighted by molar-refractivity contribution is 7.90. The molecule has 0 bridgehead atoms. The molecule has 0 fully saturated rings. The minimum atomic E-state index is -2.95. The Morgan fingerprint density at radius 1 is 1.29 bits per heavy atom. The third-order valence-electron chi connectivity index (χ3n) is 3.18. The van der Waals surface area contributed by atoms with Crippen LogP contribution in [0.15, 0.2) is 12.1 Å². The molecule has 0 radical (unpaired) electrons. The third-order valence-corrected chi connectivity index (χ3v) is 4.10. The lowest BCUT2D eigenvalue weighted by Gasteiger charge is -2.22. The molecule has 0 saturated heterocycles. The van der Waals surface area contributed by atoms with Gasteiger partial charge >= 0.3 is 0 Å². The number of rotatable bonds is 6. The summed E-state index contributed by atoms with van der Waals surface area (Å²) in [6, 6.07) is 3.99. The summed E-state index contributed by atoms with van der Waals surface area (Å²) in [4.78, 5) is 6.44. The second-order valence-electron chi connectivity index (χ2n) is 6.57. The van der Waals surface area contributed by atoms with Crippen molar-refractivity contribution >= 4 is 15.7 Å². The highest BCUT2D eigenvalue weighted by atomic mass is 32.2. The van der Waals surface area contributed by atoms with Crippen molar-refractivity contribution in [2.75, 3.05) is 30.5 Å². The van der Waals surface area contributed by atoms with E-state index in [1.165, 1.54) is 6.26 Å². The first kappa shape index (κ1) is 17.9. The van der Waals surface area contributed by atoms with E-state index in [9.17, 15) is 8.42 Å². The fourth-order valence-corrected chi connectivity index (χ4v) is 2.36. The van der Waals surface area contributed by atoms with E-state index in [1.54, 1.807) is 0 Å². The van der Waals surface area contributed by atoms with Gasteiger partial charge in [-0.15, -0.1) is 0 Å². The number of pyridine rings is 1. The van der Waals surface area contributed by atoms with Gasteiger partial charge in [0.25, 0.3) is 0 Å². The maximum absolute atomic E-state index is 11.2. The highest BCUT2D eigenvalue weighted by Gasteiger charge is 2.12. The zero-order chi connectivity index (χ0) is 16.3. The monoisotopic (exact) mass is 313 g/mol. The van der Waals surface area contributed by atoms with Gasteiger partial charge in [-0.1, -0.05) is 6.07 Å². The zero-order valence-corrected chi connectivity index (χ0v) is 14.7. The highest BCUT2D eigenvalue weighted by Crippen LogP contribution is 2.14. The summed E-state index contributed by atoms with van der Waals surface area (Å²) in [5.41, 5.74) is 2.19. The van der Waals surface area contributed by atoms with Gasteiger partial charge in [0.1, 0.15) is 15.7 Å². The van der Waals surface area contributed by atoms with Crippen LogP contribution in [0.3, 0.4) is 0 Å². The Morgan fingerprint density at radius 2 is 1.90 bits per heavy atom. The van der Waals surface area contributed by atoms with Crippen LogP contribution < -0.4 is 10.2 Å². The third kappa shape index (κ3) is 6.91. The van der Waals surface area contributed by atoms with E-state index in [1.807, 2.05) is 31.0 Å². The smallest absolute Gasteiger partial charge is 0.149 e. The van der Waals surface area contributed by atoms with E-state index in [2.05, 4.69) is 31.1 Å². The van der Waals surface area contributed by atoms with Crippen LogP contribution in [0.4, 0.5) is 5.82 Å². The van der Waals surface area contributed by atoms with Crippen molar-refractivity contribution in [1.82, 2.24) is 10.3 Å². The summed E-state index contributed by atoms with van der Waals surface area (Å²) in [7, 11) is -1.09. The van der Waals surface area contributed by atoms with Crippen LogP contribution in [0, 0.1) is 6.92 Å². The summed E-state index contributed by atoms with van der Waals surface area (Å²) in [6.07, 6.45) is 1.25. The first-order valence-electron chi connectivity index (χ1n) is 7.08. The van der Waals surface area contributed by atoms with Gasteiger partial charge in [0, 0.05) is 37.6 Å². The van der Waals surface area contributed by atoms with Gasteiger partial charge in [-0.05, 0) is 39.3 Å². The molecule has 0 aliphatic rings. The number of hydrogen-bond acceptors (Lipinski definition) is 5. The number of nitrogens with zero attached hydrogens (tertiary/aromatic N) is 2. The molecule has 0 spiro atoms.